The quantitative estimate of drug-likeness (QED) is 0.111. The van der Waals surface area contributed by atoms with Gasteiger partial charge in [0.15, 0.2) is 9.84 Å². The number of amides is 2. The first kappa shape index (κ1) is 42.6. The molecule has 6 N–H and O–H groups in total. The number of aromatic amines is 1. The van der Waals surface area contributed by atoms with Crippen molar-refractivity contribution in [2.45, 2.75) is 127 Å². The smallest absolute Gasteiger partial charge is 0.243 e. The zero-order valence-corrected chi connectivity index (χ0v) is 32.1. The van der Waals surface area contributed by atoms with Crippen molar-refractivity contribution in [2.24, 2.45) is 11.8 Å². The molecule has 15 heteroatoms. The summed E-state index contributed by atoms with van der Waals surface area (Å²) in [7, 11) is -7.30. The largest absolute Gasteiger partial charge is 0.392 e. The zero-order valence-electron chi connectivity index (χ0n) is 30.5. The van der Waals surface area contributed by atoms with Crippen molar-refractivity contribution < 1.29 is 36.6 Å². The Balaban J connectivity index is 1.83. The first-order valence-electron chi connectivity index (χ1n) is 18.2. The van der Waals surface area contributed by atoms with Gasteiger partial charge in [0, 0.05) is 31.3 Å². The van der Waals surface area contributed by atoms with Crippen molar-refractivity contribution >= 4 is 31.7 Å². The summed E-state index contributed by atoms with van der Waals surface area (Å²) in [5, 5.41) is 27.9. The molecule has 13 nitrogen and oxygen atoms in total. The molecule has 1 aliphatic rings. The Morgan fingerprint density at radius 1 is 0.980 bits per heavy atom. The summed E-state index contributed by atoms with van der Waals surface area (Å²) in [6.07, 6.45) is 7.21. The number of carbonyl (C=O) groups is 2. The van der Waals surface area contributed by atoms with Crippen LogP contribution in [-0.2, 0) is 42.3 Å². The van der Waals surface area contributed by atoms with Gasteiger partial charge in [-0.3, -0.25) is 9.59 Å². The van der Waals surface area contributed by atoms with Crippen molar-refractivity contribution in [3.63, 3.8) is 0 Å². The number of nitrogens with one attached hydrogen (secondary N) is 4. The fraction of sp³-hybridized carbons (Fsp3) is 0.694. The Bertz CT molecular complexity index is 1560. The average molecular weight is 754 g/mol. The first-order chi connectivity index (χ1) is 24.0. The fourth-order valence-corrected chi connectivity index (χ4v) is 8.85. The van der Waals surface area contributed by atoms with E-state index in [0.29, 0.717) is 25.0 Å². The lowest BCUT2D eigenvalue weighted by Crippen LogP contribution is -2.55. The number of sulfone groups is 1. The molecule has 51 heavy (non-hydrogen) atoms. The molecule has 5 atom stereocenters. The molecule has 1 aliphatic carbocycles. The molecule has 0 spiro atoms. The average Bonchev–Trinajstić information content (AvgIpc) is 3.59. The maximum atomic E-state index is 14.1. The summed E-state index contributed by atoms with van der Waals surface area (Å²) >= 11 is 0. The molecule has 1 saturated carbocycles. The predicted octanol–water partition coefficient (Wildman–Crippen LogP) is 2.80. The van der Waals surface area contributed by atoms with Crippen molar-refractivity contribution in [3.05, 3.63) is 54.1 Å². The molecule has 0 bridgehead atoms. The van der Waals surface area contributed by atoms with E-state index in [4.69, 9.17) is 0 Å². The third-order valence-corrected chi connectivity index (χ3v) is 13.7. The van der Waals surface area contributed by atoms with Crippen molar-refractivity contribution in [2.75, 3.05) is 18.1 Å². The Morgan fingerprint density at radius 3 is 2.27 bits per heavy atom. The maximum Gasteiger partial charge on any atom is 0.243 e. The number of rotatable bonds is 21. The minimum atomic E-state index is -3.72. The van der Waals surface area contributed by atoms with Gasteiger partial charge < -0.3 is 25.8 Å². The van der Waals surface area contributed by atoms with E-state index < -0.39 is 72.4 Å². The van der Waals surface area contributed by atoms with Crippen LogP contribution in [0.25, 0.3) is 0 Å². The molecule has 1 aromatic carbocycles. The van der Waals surface area contributed by atoms with Gasteiger partial charge in [0.1, 0.15) is 6.04 Å². The number of unbranched alkanes of at least 4 members (excludes halogenated alkanes) is 1. The normalized spacial score (nSPS) is 17.6. The Hall–Kier alpha value is -2.85. The standard InChI is InChI=1S/C36H59N5O8S2/c1-5-6-17-51(48,49)39-23-30(42)21-33(43)31(19-27-15-11-8-12-16-27)40-35(45)32(20-29-22-37-25-38-29)41-34(44)28(18-26-13-9-7-10-14-26)24-50(46,47)36(2,3)4/h7,9-10,13-14,22,25,27-28,30-33,39,42-43H,5-6,8,11-12,15-21,23-24H2,1-4H3,(H,37,38)(H,40,45)(H,41,44)/t28?,30-,31-,32-,33-/m0/s1. The van der Waals surface area contributed by atoms with Gasteiger partial charge >= 0.3 is 0 Å². The third-order valence-electron chi connectivity index (χ3n) is 9.58. The number of nitrogens with zero attached hydrogens (tertiary/aromatic N) is 1. The number of sulfonamides is 1. The molecule has 2 aromatic rings. The van der Waals surface area contributed by atoms with Crippen molar-refractivity contribution in [3.8, 4) is 0 Å². The lowest BCUT2D eigenvalue weighted by Gasteiger charge is -2.32. The minimum Gasteiger partial charge on any atom is -0.392 e. The topological polar surface area (TPSA) is 208 Å². The van der Waals surface area contributed by atoms with Crippen LogP contribution in [0.3, 0.4) is 0 Å². The number of carbonyl (C=O) groups excluding carboxylic acids is 2. The van der Waals surface area contributed by atoms with E-state index in [1.54, 1.807) is 20.8 Å². The van der Waals surface area contributed by atoms with Crippen LogP contribution in [0.15, 0.2) is 42.9 Å². The second-order valence-corrected chi connectivity index (χ2v) is 19.7. The van der Waals surface area contributed by atoms with Crippen LogP contribution < -0.4 is 15.4 Å². The van der Waals surface area contributed by atoms with Gasteiger partial charge in [-0.05, 0) is 51.5 Å². The van der Waals surface area contributed by atoms with E-state index in [-0.39, 0.29) is 37.5 Å². The van der Waals surface area contributed by atoms with Crippen LogP contribution in [-0.4, -0.2) is 95.9 Å². The minimum absolute atomic E-state index is 0.0239. The molecule has 1 unspecified atom stereocenters. The highest BCUT2D eigenvalue weighted by Gasteiger charge is 2.37. The van der Waals surface area contributed by atoms with Crippen LogP contribution >= 0.6 is 0 Å². The van der Waals surface area contributed by atoms with Gasteiger partial charge in [-0.2, -0.15) is 0 Å². The van der Waals surface area contributed by atoms with Crippen LogP contribution in [0.4, 0.5) is 0 Å². The highest BCUT2D eigenvalue weighted by molar-refractivity contribution is 7.92. The molecule has 1 heterocycles. The van der Waals surface area contributed by atoms with Gasteiger partial charge in [0.25, 0.3) is 0 Å². The summed E-state index contributed by atoms with van der Waals surface area (Å²) < 4.78 is 52.5. The number of hydrogen-bond acceptors (Lipinski definition) is 9. The van der Waals surface area contributed by atoms with Crippen molar-refractivity contribution in [1.29, 1.82) is 0 Å². The van der Waals surface area contributed by atoms with E-state index in [2.05, 4.69) is 25.3 Å². The molecule has 0 saturated heterocycles. The molecule has 2 amide bonds. The molecule has 0 radical (unpaired) electrons. The number of aliphatic hydroxyl groups excluding tert-OH is 2. The molecule has 3 rings (SSSR count). The van der Waals surface area contributed by atoms with E-state index >= 15 is 0 Å². The second-order valence-electron chi connectivity index (χ2n) is 15.0. The lowest BCUT2D eigenvalue weighted by molar-refractivity contribution is -0.131. The monoisotopic (exact) mass is 753 g/mol. The lowest BCUT2D eigenvalue weighted by atomic mass is 9.83. The highest BCUT2D eigenvalue weighted by atomic mass is 32.2. The summed E-state index contributed by atoms with van der Waals surface area (Å²) in [6, 6.07) is 7.15. The van der Waals surface area contributed by atoms with E-state index in [1.165, 1.54) is 12.5 Å². The highest BCUT2D eigenvalue weighted by Crippen LogP contribution is 2.29. The van der Waals surface area contributed by atoms with E-state index in [9.17, 15) is 36.6 Å². The van der Waals surface area contributed by atoms with Gasteiger partial charge in [-0.1, -0.05) is 75.8 Å². The summed E-state index contributed by atoms with van der Waals surface area (Å²) in [5.41, 5.74) is 1.34. The first-order valence-corrected chi connectivity index (χ1v) is 21.5. The number of aliphatic hydroxyl groups is 2. The summed E-state index contributed by atoms with van der Waals surface area (Å²) in [5.74, 6) is -2.42. The SMILES string of the molecule is CCCCS(=O)(=O)NC[C@@H](O)C[C@H](O)[C@H](CC1CCCCC1)NC(=O)[C@H](Cc1cnc[nH]1)NC(=O)C(Cc1ccccc1)CS(=O)(=O)C(C)(C)C. The summed E-state index contributed by atoms with van der Waals surface area (Å²) in [6.45, 7) is 6.37. The third kappa shape index (κ3) is 14.6. The molecule has 0 aliphatic heterocycles. The molecular formula is C36H59N5O8S2. The molecule has 288 valence electrons. The molecule has 1 fully saturated rings. The van der Waals surface area contributed by atoms with E-state index in [1.807, 2.05) is 37.3 Å². The number of imidazole rings is 1. The zero-order chi connectivity index (χ0) is 37.7. The number of aromatic nitrogens is 2. The number of H-pyrrole nitrogens is 1. The Kier molecular flexibility index (Phi) is 16.6. The number of benzene rings is 1. The van der Waals surface area contributed by atoms with Gasteiger partial charge in [-0.15, -0.1) is 0 Å². The fourth-order valence-electron chi connectivity index (χ4n) is 6.29. The van der Waals surface area contributed by atoms with Crippen LogP contribution in [0.1, 0.15) is 96.7 Å². The van der Waals surface area contributed by atoms with Crippen LogP contribution in [0.5, 0.6) is 0 Å². The van der Waals surface area contributed by atoms with Crippen LogP contribution in [0.2, 0.25) is 0 Å². The van der Waals surface area contributed by atoms with Gasteiger partial charge in [0.05, 0.1) is 46.7 Å². The summed E-state index contributed by atoms with van der Waals surface area (Å²) in [4.78, 5) is 35.1. The maximum absolute atomic E-state index is 14.1. The Morgan fingerprint density at radius 2 is 1.67 bits per heavy atom. The van der Waals surface area contributed by atoms with E-state index in [0.717, 1.165) is 37.7 Å². The molecule has 1 aromatic heterocycles. The van der Waals surface area contributed by atoms with Gasteiger partial charge in [-0.25, -0.2) is 26.5 Å². The second kappa shape index (κ2) is 19.8. The predicted molar refractivity (Wildman–Crippen MR) is 198 cm³/mol. The van der Waals surface area contributed by atoms with Crippen LogP contribution in [0, 0.1) is 11.8 Å². The number of hydrogen-bond donors (Lipinski definition) is 6. The van der Waals surface area contributed by atoms with Gasteiger partial charge in [0.2, 0.25) is 21.8 Å². The molecular weight excluding hydrogens is 695 g/mol. The van der Waals surface area contributed by atoms with Crippen molar-refractivity contribution in [1.82, 2.24) is 25.3 Å². The Labute approximate surface area is 304 Å².